The van der Waals surface area contributed by atoms with Crippen LogP contribution in [0.2, 0.25) is 0 Å². The van der Waals surface area contributed by atoms with Gasteiger partial charge in [0.15, 0.2) is 12.1 Å². The van der Waals surface area contributed by atoms with Gasteiger partial charge in [0.05, 0.1) is 18.6 Å². The van der Waals surface area contributed by atoms with E-state index in [4.69, 9.17) is 29.4 Å². The first-order valence-electron chi connectivity index (χ1n) is 17.2. The number of aliphatic hydroxyl groups is 2. The largest absolute Gasteiger partial charge is 1.00 e. The molecule has 2 aromatic rings. The van der Waals surface area contributed by atoms with Crippen molar-refractivity contribution in [3.05, 3.63) is 35.8 Å². The maximum Gasteiger partial charge on any atom is 1.00 e. The third kappa shape index (κ3) is 9.08. The Kier molecular flexibility index (Phi) is 12.1. The number of aromatic nitrogens is 4. The molecule has 310 valence electrons. The molecule has 2 aliphatic carbocycles. The van der Waals surface area contributed by atoms with Gasteiger partial charge in [0, 0.05) is 25.3 Å². The van der Waals surface area contributed by atoms with Gasteiger partial charge in [0.2, 0.25) is 23.6 Å². The fourth-order valence-electron chi connectivity index (χ4n) is 7.73. The summed E-state index contributed by atoms with van der Waals surface area (Å²) >= 11 is 0. The normalized spacial score (nSPS) is 26.1. The molecule has 4 bridgehead atoms. The molecule has 8 rings (SSSR count). The Labute approximate surface area is 368 Å². The second-order valence-corrected chi connectivity index (χ2v) is 16.6. The molecule has 6 fully saturated rings. The Morgan fingerprint density at radius 3 is 1.67 bits per heavy atom. The molecule has 29 heteroatoms. The van der Waals surface area contributed by atoms with Crippen molar-refractivity contribution >= 4 is 38.8 Å². The number of nitrogens with zero attached hydrogens (tertiary/aromatic N) is 9. The maximum absolute atomic E-state index is 12.7. The predicted molar refractivity (Wildman–Crippen MR) is 182 cm³/mol. The van der Waals surface area contributed by atoms with E-state index >= 15 is 0 Å². The van der Waals surface area contributed by atoms with Crippen molar-refractivity contribution in [2.45, 2.75) is 81.8 Å². The first-order valence-corrected chi connectivity index (χ1v) is 19.9. The van der Waals surface area contributed by atoms with Crippen LogP contribution in [0, 0.1) is 10.8 Å². The van der Waals surface area contributed by atoms with Gasteiger partial charge in [-0.25, -0.2) is 9.59 Å². The molecule has 6 heterocycles. The van der Waals surface area contributed by atoms with Crippen molar-refractivity contribution in [1.29, 1.82) is 0 Å². The zero-order valence-electron chi connectivity index (χ0n) is 31.6. The second kappa shape index (κ2) is 15.8. The number of nitrogens with one attached hydrogen (secondary N) is 1. The number of hydroxylamine groups is 4. The number of piperidine rings is 2. The van der Waals surface area contributed by atoms with Gasteiger partial charge in [-0.05, 0) is 56.3 Å². The van der Waals surface area contributed by atoms with E-state index in [9.17, 15) is 36.6 Å². The van der Waals surface area contributed by atoms with E-state index < -0.39 is 69.2 Å². The minimum Gasteiger partial charge on any atom is -1.00 e. The predicted octanol–water partition coefficient (Wildman–Crippen LogP) is -4.15. The van der Waals surface area contributed by atoms with Crippen LogP contribution in [0.3, 0.4) is 0 Å². The Hall–Kier alpha value is -3.07. The molecule has 4 amide bonds. The van der Waals surface area contributed by atoms with Crippen LogP contribution in [0.5, 0.6) is 0 Å². The Balaban J connectivity index is 0.000000214. The average molecular weight is 873 g/mol. The van der Waals surface area contributed by atoms with Crippen molar-refractivity contribution in [2.24, 2.45) is 27.3 Å². The SMILES string of the molecule is C=C(C)NC[C@@H](O)c1nnc([C@@H]2CC3(CC3)[C@@H]3CN2C(=O)N3OS(=O)(=O)O)o1.NC(N)=NC[C@@H](O)c1nnc([C@@H]2CC3(CC3)[C@@H]3CN2C(=O)N3OS(=O)(=O)O)o1.[H-].[K+]. The first kappa shape index (κ1) is 43.5. The molecule has 6 aliphatic rings. The zero-order valence-corrected chi connectivity index (χ0v) is 35.4. The summed E-state index contributed by atoms with van der Waals surface area (Å²) in [7, 11) is -9.67. The summed E-state index contributed by atoms with van der Waals surface area (Å²) in [5, 5.41) is 40.0. The minimum absolute atomic E-state index is 0. The number of carbonyl (C=O) groups is 2. The molecule has 6 atom stereocenters. The molecule has 9 N–H and O–H groups in total. The van der Waals surface area contributed by atoms with Crippen LogP contribution in [0.15, 0.2) is 26.1 Å². The Bertz CT molecular complexity index is 2150. The number of rotatable bonds is 13. The third-order valence-corrected chi connectivity index (χ3v) is 11.5. The van der Waals surface area contributed by atoms with Crippen molar-refractivity contribution in [3.63, 3.8) is 0 Å². The van der Waals surface area contributed by atoms with Crippen LogP contribution < -0.4 is 68.2 Å². The monoisotopic (exact) mass is 872 g/mol. The molecule has 2 saturated carbocycles. The van der Waals surface area contributed by atoms with E-state index in [1.807, 2.05) is 0 Å². The number of hydrogen-bond acceptors (Lipinski definition) is 18. The molecule has 0 aromatic carbocycles. The summed E-state index contributed by atoms with van der Waals surface area (Å²) in [6.45, 7) is 5.81. The summed E-state index contributed by atoms with van der Waals surface area (Å²) in [6, 6.07) is -3.58. The molecule has 0 unspecified atom stereocenters. The summed E-state index contributed by atoms with van der Waals surface area (Å²) in [6.07, 6.45) is 1.78. The smallest absolute Gasteiger partial charge is 1.00 e. The number of hydrogen-bond donors (Lipinski definition) is 7. The van der Waals surface area contributed by atoms with E-state index in [0.29, 0.717) is 23.6 Å². The summed E-state index contributed by atoms with van der Waals surface area (Å²) in [5.41, 5.74) is 10.4. The van der Waals surface area contributed by atoms with Gasteiger partial charge in [0.1, 0.15) is 18.2 Å². The molecular weight excluding hydrogens is 832 g/mol. The van der Waals surface area contributed by atoms with E-state index in [2.05, 4.69) is 45.9 Å². The zero-order chi connectivity index (χ0) is 40.5. The van der Waals surface area contributed by atoms with Crippen LogP contribution in [0.1, 0.15) is 94.7 Å². The Morgan fingerprint density at radius 2 is 1.30 bits per heavy atom. The van der Waals surface area contributed by atoms with Crippen LogP contribution in [-0.2, 0) is 29.4 Å². The van der Waals surface area contributed by atoms with Crippen LogP contribution in [-0.4, -0.2) is 133 Å². The number of aliphatic hydroxyl groups excluding tert-OH is 2. The van der Waals surface area contributed by atoms with Gasteiger partial charge in [-0.15, -0.1) is 29.0 Å². The van der Waals surface area contributed by atoms with Gasteiger partial charge in [-0.1, -0.05) is 6.58 Å². The molecule has 4 saturated heterocycles. The van der Waals surface area contributed by atoms with E-state index in [1.54, 1.807) is 6.92 Å². The average Bonchev–Trinajstić information content (AvgIpc) is 3.80. The van der Waals surface area contributed by atoms with Crippen LogP contribution in [0.25, 0.3) is 0 Å². The minimum atomic E-state index is -4.84. The molecule has 0 radical (unpaired) electrons. The van der Waals surface area contributed by atoms with E-state index in [0.717, 1.165) is 30.7 Å². The summed E-state index contributed by atoms with van der Waals surface area (Å²) in [4.78, 5) is 31.7. The molecule has 2 spiro atoms. The van der Waals surface area contributed by atoms with E-state index in [-0.39, 0.29) is 119 Å². The fraction of sp³-hybridized carbons (Fsp3) is 0.679. The standard InChI is InChI=1S/C15H21N5O7S.C13H19N7O7S.K.H/c1-8(2)16-6-10(21)13-18-17-12(26-13)9-5-15(3-4-15)11-7-19(9)14(22)20(11)27-28(23,24)25;14-11(15)16-4-7(21)10-18-17-9(26-10)6-3-13(1-2-13)8-5-19(6)12(22)20(8)27-28(23,24)25;;/h9-11,16,21H,1,3-7H2,2H3,(H,23,24,25);6-8,21H,1-5H2,(H4,14,15,16)(H,23,24,25);;/q;;+1;-1/t9-,10+,11-;6-,7+,8-;;/m00../s1. The fourth-order valence-corrected chi connectivity index (χ4v) is 8.47. The van der Waals surface area contributed by atoms with Gasteiger partial charge in [-0.2, -0.15) is 27.0 Å². The topological polar surface area (TPSA) is 369 Å². The molecule has 2 aromatic heterocycles. The number of allylic oxidation sites excluding steroid dienone is 1. The first-order chi connectivity index (χ1) is 26.2. The maximum atomic E-state index is 12.7. The number of fused-ring (bicyclic) bond motifs is 6. The summed E-state index contributed by atoms with van der Waals surface area (Å²) < 4.78 is 82.7. The Morgan fingerprint density at radius 1 is 0.877 bits per heavy atom. The number of carbonyl (C=O) groups excluding carboxylic acids is 2. The van der Waals surface area contributed by atoms with Gasteiger partial charge in [-0.3, -0.25) is 14.1 Å². The molecule has 26 nitrogen and oxygen atoms in total. The van der Waals surface area contributed by atoms with E-state index in [1.165, 1.54) is 9.80 Å². The number of amides is 4. The van der Waals surface area contributed by atoms with Crippen molar-refractivity contribution in [2.75, 3.05) is 26.2 Å². The van der Waals surface area contributed by atoms with Crippen molar-refractivity contribution in [1.82, 2.24) is 45.6 Å². The van der Waals surface area contributed by atoms with Crippen LogP contribution in [0.4, 0.5) is 9.59 Å². The van der Waals surface area contributed by atoms with Crippen molar-refractivity contribution in [3.8, 4) is 0 Å². The number of aliphatic imine (C=N–C) groups is 1. The quantitative estimate of drug-likeness (QED) is 0.0435. The number of nitrogens with two attached hydrogens (primary N) is 2. The number of urea groups is 2. The second-order valence-electron chi connectivity index (χ2n) is 14.6. The number of guanidine groups is 1. The molecule has 57 heavy (non-hydrogen) atoms. The molecular formula is C28H41KN12O14S2. The van der Waals surface area contributed by atoms with Gasteiger partial charge < -0.3 is 47.1 Å². The van der Waals surface area contributed by atoms with Crippen LogP contribution >= 0.6 is 0 Å². The van der Waals surface area contributed by atoms with Gasteiger partial charge in [0.25, 0.3) is 0 Å². The van der Waals surface area contributed by atoms with Crippen molar-refractivity contribution < 1.29 is 116 Å². The third-order valence-electron chi connectivity index (χ3n) is 10.8. The summed E-state index contributed by atoms with van der Waals surface area (Å²) in [5.74, 6) is -0.0332. The van der Waals surface area contributed by atoms with Gasteiger partial charge >= 0.3 is 84.2 Å². The molecule has 4 aliphatic heterocycles.